The fraction of sp³-hybridized carbons (Fsp3) is 0.211. The van der Waals surface area contributed by atoms with Crippen LogP contribution in [0, 0.1) is 5.82 Å². The van der Waals surface area contributed by atoms with E-state index in [-0.39, 0.29) is 53.2 Å². The summed E-state index contributed by atoms with van der Waals surface area (Å²) in [5, 5.41) is 17.1. The molecule has 12 heteroatoms. The Morgan fingerprint density at radius 2 is 2.00 bits per heavy atom. The van der Waals surface area contributed by atoms with Gasteiger partial charge in [-0.15, -0.1) is 5.10 Å². The average Bonchev–Trinajstić information content (AvgIpc) is 3.10. The highest BCUT2D eigenvalue weighted by Gasteiger charge is 2.35. The van der Waals surface area contributed by atoms with Gasteiger partial charge in [-0.2, -0.15) is 18.2 Å². The van der Waals surface area contributed by atoms with Crippen molar-refractivity contribution in [2.24, 2.45) is 0 Å². The lowest BCUT2D eigenvalue weighted by Crippen LogP contribution is -2.10. The van der Waals surface area contributed by atoms with Crippen molar-refractivity contribution < 1.29 is 27.5 Å². The molecule has 0 saturated heterocycles. The van der Waals surface area contributed by atoms with Gasteiger partial charge < -0.3 is 16.2 Å². The Kier molecular flexibility index (Phi) is 6.46. The van der Waals surface area contributed by atoms with Crippen molar-refractivity contribution >= 4 is 35.0 Å². The molecule has 2 aromatic carbocycles. The molecule has 0 bridgehead atoms. The Morgan fingerprint density at radius 3 is 2.61 bits per heavy atom. The van der Waals surface area contributed by atoms with E-state index in [1.165, 1.54) is 6.07 Å². The first-order chi connectivity index (χ1) is 14.6. The normalized spacial score (nSPS) is 11.5. The fourth-order valence-electron chi connectivity index (χ4n) is 2.92. The lowest BCUT2D eigenvalue weighted by Gasteiger charge is -2.17. The molecule has 164 valence electrons. The first kappa shape index (κ1) is 22.5. The van der Waals surface area contributed by atoms with Crippen molar-refractivity contribution in [2.45, 2.75) is 19.0 Å². The van der Waals surface area contributed by atoms with Gasteiger partial charge in [-0.1, -0.05) is 17.7 Å². The summed E-state index contributed by atoms with van der Waals surface area (Å²) in [6.45, 7) is -0.276. The number of halogens is 5. The molecule has 0 aliphatic rings. The number of carbonyl (C=O) groups is 1. The summed E-state index contributed by atoms with van der Waals surface area (Å²) in [5.41, 5.74) is 3.36. The number of nitrogens with one attached hydrogen (secondary N) is 2. The number of benzene rings is 2. The third kappa shape index (κ3) is 5.12. The van der Waals surface area contributed by atoms with E-state index in [0.717, 1.165) is 24.3 Å². The van der Waals surface area contributed by atoms with Crippen LogP contribution in [0.25, 0.3) is 11.1 Å². The summed E-state index contributed by atoms with van der Waals surface area (Å²) in [6, 6.07) is 5.05. The quantitative estimate of drug-likeness (QED) is 0.305. The van der Waals surface area contributed by atoms with Gasteiger partial charge in [0.2, 0.25) is 11.9 Å². The third-order valence-corrected chi connectivity index (χ3v) is 4.57. The van der Waals surface area contributed by atoms with Crippen molar-refractivity contribution in [1.82, 2.24) is 15.2 Å². The van der Waals surface area contributed by atoms with E-state index >= 15 is 0 Å². The highest BCUT2D eigenvalue weighted by atomic mass is 35.5. The van der Waals surface area contributed by atoms with Crippen molar-refractivity contribution in [3.63, 3.8) is 0 Å². The number of nitrogen functional groups attached to an aromatic ring is 1. The molecule has 5 N–H and O–H groups in total. The SMILES string of the molecule is Nc1nc(Nc2cc(Cl)c(-c3ccc(F)c(C(=O)CCCO)c3)c(C(F)(F)F)c2)n[nH]1. The second-order valence-corrected chi connectivity index (χ2v) is 6.90. The Labute approximate surface area is 178 Å². The highest BCUT2D eigenvalue weighted by molar-refractivity contribution is 6.34. The minimum Gasteiger partial charge on any atom is -0.396 e. The van der Waals surface area contributed by atoms with E-state index in [4.69, 9.17) is 22.4 Å². The highest BCUT2D eigenvalue weighted by Crippen LogP contribution is 2.43. The first-order valence-corrected chi connectivity index (χ1v) is 9.27. The minimum atomic E-state index is -4.82. The lowest BCUT2D eigenvalue weighted by atomic mass is 9.95. The molecule has 7 nitrogen and oxygen atoms in total. The molecule has 0 radical (unpaired) electrons. The molecule has 0 spiro atoms. The van der Waals surface area contributed by atoms with E-state index in [2.05, 4.69) is 20.5 Å². The number of aromatic amines is 1. The summed E-state index contributed by atoms with van der Waals surface area (Å²) in [5.74, 6) is -1.62. The summed E-state index contributed by atoms with van der Waals surface area (Å²) in [7, 11) is 0. The predicted octanol–water partition coefficient (Wildman–Crippen LogP) is 4.56. The first-order valence-electron chi connectivity index (χ1n) is 8.89. The number of alkyl halides is 3. The molecule has 0 aliphatic heterocycles. The van der Waals surface area contributed by atoms with Crippen LogP contribution in [-0.2, 0) is 6.18 Å². The number of carbonyl (C=O) groups excluding carboxylic acids is 1. The number of anilines is 3. The molecule has 1 aromatic heterocycles. The van der Waals surface area contributed by atoms with Crippen molar-refractivity contribution in [3.8, 4) is 11.1 Å². The second-order valence-electron chi connectivity index (χ2n) is 6.49. The Hall–Kier alpha value is -3.18. The van der Waals surface area contributed by atoms with Crippen molar-refractivity contribution in [3.05, 3.63) is 52.3 Å². The number of hydrogen-bond acceptors (Lipinski definition) is 6. The molecule has 0 atom stereocenters. The van der Waals surface area contributed by atoms with E-state index < -0.39 is 28.9 Å². The van der Waals surface area contributed by atoms with Crippen molar-refractivity contribution in [1.29, 1.82) is 0 Å². The number of nitrogens with two attached hydrogens (primary N) is 1. The zero-order chi connectivity index (χ0) is 22.8. The minimum absolute atomic E-state index is 0.0361. The van der Waals surface area contributed by atoms with Crippen LogP contribution in [0.5, 0.6) is 0 Å². The van der Waals surface area contributed by atoms with Gasteiger partial charge >= 0.3 is 6.18 Å². The zero-order valence-corrected chi connectivity index (χ0v) is 16.5. The maximum Gasteiger partial charge on any atom is 0.417 e. The Morgan fingerprint density at radius 1 is 1.26 bits per heavy atom. The van der Waals surface area contributed by atoms with Crippen LogP contribution in [0.1, 0.15) is 28.8 Å². The Balaban J connectivity index is 2.09. The number of hydrogen-bond donors (Lipinski definition) is 4. The molecular formula is C19H16ClF4N5O2. The molecular weight excluding hydrogens is 442 g/mol. The molecule has 0 fully saturated rings. The van der Waals surface area contributed by atoms with Gasteiger partial charge in [0, 0.05) is 24.3 Å². The third-order valence-electron chi connectivity index (χ3n) is 4.27. The number of H-pyrrole nitrogens is 1. The molecule has 31 heavy (non-hydrogen) atoms. The second kappa shape index (κ2) is 8.90. The summed E-state index contributed by atoms with van der Waals surface area (Å²) < 4.78 is 55.6. The van der Waals surface area contributed by atoms with E-state index in [1.807, 2.05) is 0 Å². The predicted molar refractivity (Wildman–Crippen MR) is 107 cm³/mol. The van der Waals surface area contributed by atoms with Crippen LogP contribution in [-0.4, -0.2) is 32.7 Å². The standard InChI is InChI=1S/C19H16ClF4N5O2/c20-13-8-10(26-18-27-17(25)28-29-18)7-12(19(22,23)24)16(13)9-3-4-14(21)11(6-9)15(31)2-1-5-30/h3-4,6-8,30H,1-2,5H2,(H4,25,26,27,28,29). The number of Topliss-reactive ketones (excluding diaryl/α,β-unsaturated/α-hetero) is 1. The summed E-state index contributed by atoms with van der Waals surface area (Å²) in [6.07, 6.45) is -4.87. The number of aliphatic hydroxyl groups is 1. The number of rotatable bonds is 7. The smallest absolute Gasteiger partial charge is 0.396 e. The average molecular weight is 458 g/mol. The number of aliphatic hydroxyl groups excluding tert-OH is 1. The zero-order valence-electron chi connectivity index (χ0n) is 15.7. The lowest BCUT2D eigenvalue weighted by molar-refractivity contribution is -0.137. The summed E-state index contributed by atoms with van der Waals surface area (Å²) in [4.78, 5) is 15.9. The molecule has 3 aromatic rings. The number of aromatic nitrogens is 3. The van der Waals surface area contributed by atoms with E-state index in [9.17, 15) is 22.4 Å². The maximum absolute atomic E-state index is 14.1. The van der Waals surface area contributed by atoms with Gasteiger partial charge in [0.05, 0.1) is 16.1 Å². The summed E-state index contributed by atoms with van der Waals surface area (Å²) >= 11 is 6.18. The largest absolute Gasteiger partial charge is 0.417 e. The van der Waals surface area contributed by atoms with Gasteiger partial charge in [-0.05, 0) is 36.2 Å². The number of ketones is 1. The molecule has 0 amide bonds. The van der Waals surface area contributed by atoms with Crippen LogP contribution in [0.2, 0.25) is 5.02 Å². The molecule has 0 saturated carbocycles. The van der Waals surface area contributed by atoms with Crippen LogP contribution in [0.4, 0.5) is 35.1 Å². The van der Waals surface area contributed by atoms with Crippen molar-refractivity contribution in [2.75, 3.05) is 17.7 Å². The monoisotopic (exact) mass is 457 g/mol. The van der Waals surface area contributed by atoms with Gasteiger partial charge in [-0.25, -0.2) is 9.49 Å². The fourth-order valence-corrected chi connectivity index (χ4v) is 3.25. The van der Waals surface area contributed by atoms with Gasteiger partial charge in [-0.3, -0.25) is 4.79 Å². The number of nitrogens with zero attached hydrogens (tertiary/aromatic N) is 2. The Bertz CT molecular complexity index is 1120. The molecule has 0 unspecified atom stereocenters. The van der Waals surface area contributed by atoms with E-state index in [1.54, 1.807) is 0 Å². The van der Waals surface area contributed by atoms with Crippen LogP contribution in [0.15, 0.2) is 30.3 Å². The maximum atomic E-state index is 14.1. The topological polar surface area (TPSA) is 117 Å². The molecule has 1 heterocycles. The van der Waals surface area contributed by atoms with Gasteiger partial charge in [0.1, 0.15) is 5.82 Å². The van der Waals surface area contributed by atoms with Crippen LogP contribution in [0.3, 0.4) is 0 Å². The van der Waals surface area contributed by atoms with Crippen LogP contribution < -0.4 is 11.1 Å². The van der Waals surface area contributed by atoms with Crippen LogP contribution >= 0.6 is 11.6 Å². The van der Waals surface area contributed by atoms with E-state index in [0.29, 0.717) is 0 Å². The van der Waals surface area contributed by atoms with Gasteiger partial charge in [0.25, 0.3) is 0 Å². The molecule has 0 aliphatic carbocycles. The van der Waals surface area contributed by atoms with Gasteiger partial charge in [0.15, 0.2) is 5.78 Å². The molecule has 3 rings (SSSR count).